The molecule has 0 aliphatic carbocycles. The Balaban J connectivity index is 2.11. The molecule has 10 heteroatoms. The maximum atomic E-state index is 13.9. The fraction of sp³-hybridized carbons (Fsp3) is 0.333. The van der Waals surface area contributed by atoms with E-state index in [1.807, 2.05) is 13.8 Å². The van der Waals surface area contributed by atoms with Gasteiger partial charge in [0.2, 0.25) is 5.95 Å². The lowest BCUT2D eigenvalue weighted by Gasteiger charge is -2.11. The number of aryl methyl sites for hydroxylation is 1. The summed E-state index contributed by atoms with van der Waals surface area (Å²) in [7, 11) is 2.96. The molecule has 3 rings (SSSR count). The Labute approximate surface area is 164 Å². The fourth-order valence-corrected chi connectivity index (χ4v) is 3.08. The Kier molecular flexibility index (Phi) is 5.37. The van der Waals surface area contributed by atoms with E-state index in [0.717, 1.165) is 4.57 Å². The number of hydrogen-bond acceptors (Lipinski definition) is 5. The Morgan fingerprint density at radius 1 is 1.29 bits per heavy atom. The number of nitrogens with zero attached hydrogens (tertiary/aromatic N) is 5. The predicted octanol–water partition coefficient (Wildman–Crippen LogP) is 2.33. The lowest BCUT2D eigenvalue weighted by molar-refractivity contribution is 0.534. The van der Waals surface area contributed by atoms with Crippen LogP contribution in [0, 0.1) is 11.7 Å². The molecule has 0 radical (unpaired) electrons. The summed E-state index contributed by atoms with van der Waals surface area (Å²) >= 11 is 5.99. The molecule has 1 N–H and O–H groups in total. The Bertz CT molecular complexity index is 1170. The van der Waals surface area contributed by atoms with Gasteiger partial charge in [-0.2, -0.15) is 10.1 Å². The standard InChI is InChI=1S/C18H20ClFN6O2/c1-10(2)9-26-14-15(24(3)18(28)25(4)16(14)27)22-17(26)23-21-8-11-12(19)6-5-7-13(11)20/h5-8,10H,9H2,1-4H3,(H,22,23)/b21-8-. The quantitative estimate of drug-likeness (QED) is 0.520. The number of halogens is 2. The van der Waals surface area contributed by atoms with Crippen LogP contribution in [0.15, 0.2) is 32.9 Å². The number of hydrogen-bond donors (Lipinski definition) is 1. The van der Waals surface area contributed by atoms with E-state index in [1.54, 1.807) is 17.7 Å². The smallest absolute Gasteiger partial charge is 0.303 e. The van der Waals surface area contributed by atoms with E-state index >= 15 is 0 Å². The van der Waals surface area contributed by atoms with Gasteiger partial charge in [-0.05, 0) is 18.1 Å². The number of fused-ring (bicyclic) bond motifs is 1. The third-order valence-electron chi connectivity index (χ3n) is 4.25. The van der Waals surface area contributed by atoms with Crippen LogP contribution in [-0.2, 0) is 20.6 Å². The van der Waals surface area contributed by atoms with Gasteiger partial charge in [0.25, 0.3) is 5.56 Å². The van der Waals surface area contributed by atoms with Crippen LogP contribution in [0.1, 0.15) is 19.4 Å². The summed E-state index contributed by atoms with van der Waals surface area (Å²) in [4.78, 5) is 29.2. The van der Waals surface area contributed by atoms with E-state index in [4.69, 9.17) is 11.6 Å². The molecule has 0 atom stereocenters. The van der Waals surface area contributed by atoms with E-state index < -0.39 is 17.1 Å². The first-order valence-corrected chi connectivity index (χ1v) is 8.99. The van der Waals surface area contributed by atoms with Crippen LogP contribution in [0.25, 0.3) is 11.2 Å². The van der Waals surface area contributed by atoms with Gasteiger partial charge in [0.1, 0.15) is 5.82 Å². The van der Waals surface area contributed by atoms with Crippen molar-refractivity contribution in [3.8, 4) is 0 Å². The molecule has 0 saturated carbocycles. The second-order valence-electron chi connectivity index (χ2n) is 6.82. The van der Waals surface area contributed by atoms with Crippen molar-refractivity contribution in [1.29, 1.82) is 0 Å². The van der Waals surface area contributed by atoms with Crippen LogP contribution in [0.3, 0.4) is 0 Å². The average molecular weight is 407 g/mol. The number of aromatic nitrogens is 4. The van der Waals surface area contributed by atoms with Crippen LogP contribution in [0.2, 0.25) is 5.02 Å². The zero-order chi connectivity index (χ0) is 20.6. The van der Waals surface area contributed by atoms with E-state index in [1.165, 1.54) is 30.0 Å². The van der Waals surface area contributed by atoms with Crippen molar-refractivity contribution in [3.63, 3.8) is 0 Å². The van der Waals surface area contributed by atoms with Gasteiger partial charge >= 0.3 is 5.69 Å². The molecule has 0 spiro atoms. The van der Waals surface area contributed by atoms with Crippen molar-refractivity contribution in [2.24, 2.45) is 25.1 Å². The highest BCUT2D eigenvalue weighted by Gasteiger charge is 2.19. The SMILES string of the molecule is CC(C)Cn1c(N/N=C\c2c(F)cccc2Cl)nc2c1c(=O)n(C)c(=O)n2C. The minimum atomic E-state index is -0.509. The van der Waals surface area contributed by atoms with Crippen molar-refractivity contribution < 1.29 is 4.39 Å². The van der Waals surface area contributed by atoms with Gasteiger partial charge in [-0.25, -0.2) is 14.6 Å². The zero-order valence-electron chi connectivity index (χ0n) is 15.9. The molecule has 28 heavy (non-hydrogen) atoms. The highest BCUT2D eigenvalue weighted by molar-refractivity contribution is 6.33. The van der Waals surface area contributed by atoms with Crippen molar-refractivity contribution >= 4 is 34.9 Å². The first kappa shape index (κ1) is 19.8. The van der Waals surface area contributed by atoms with Crippen LogP contribution < -0.4 is 16.7 Å². The second-order valence-corrected chi connectivity index (χ2v) is 7.23. The number of nitrogens with one attached hydrogen (secondary N) is 1. The molecule has 0 bridgehead atoms. The summed E-state index contributed by atoms with van der Waals surface area (Å²) < 4.78 is 17.9. The molecule has 0 aliphatic rings. The summed E-state index contributed by atoms with van der Waals surface area (Å²) in [5.74, 6) is -0.0411. The number of imidazole rings is 1. The Morgan fingerprint density at radius 2 is 2.00 bits per heavy atom. The highest BCUT2D eigenvalue weighted by atomic mass is 35.5. The molecular formula is C18H20ClFN6O2. The lowest BCUT2D eigenvalue weighted by Crippen LogP contribution is -2.37. The molecule has 148 valence electrons. The Morgan fingerprint density at radius 3 is 2.64 bits per heavy atom. The maximum Gasteiger partial charge on any atom is 0.332 e. The number of rotatable bonds is 5. The van der Waals surface area contributed by atoms with Crippen LogP contribution >= 0.6 is 11.6 Å². The third-order valence-corrected chi connectivity index (χ3v) is 4.58. The molecule has 0 saturated heterocycles. The highest BCUT2D eigenvalue weighted by Crippen LogP contribution is 2.19. The molecule has 2 heterocycles. The molecule has 3 aromatic rings. The molecule has 1 aromatic carbocycles. The van der Waals surface area contributed by atoms with Crippen molar-refractivity contribution in [2.45, 2.75) is 20.4 Å². The number of anilines is 1. The van der Waals surface area contributed by atoms with Gasteiger partial charge < -0.3 is 4.57 Å². The van der Waals surface area contributed by atoms with E-state index in [2.05, 4.69) is 15.5 Å². The van der Waals surface area contributed by atoms with Gasteiger partial charge in [-0.15, -0.1) is 0 Å². The van der Waals surface area contributed by atoms with Gasteiger partial charge in [-0.1, -0.05) is 31.5 Å². The van der Waals surface area contributed by atoms with Gasteiger partial charge in [0.15, 0.2) is 11.2 Å². The lowest BCUT2D eigenvalue weighted by atomic mass is 10.2. The van der Waals surface area contributed by atoms with E-state index in [-0.39, 0.29) is 28.1 Å². The topological polar surface area (TPSA) is 86.2 Å². The average Bonchev–Trinajstić information content (AvgIpc) is 2.98. The third kappa shape index (κ3) is 3.45. The van der Waals surface area contributed by atoms with Crippen molar-refractivity contribution in [2.75, 3.05) is 5.43 Å². The molecule has 8 nitrogen and oxygen atoms in total. The molecular weight excluding hydrogens is 387 g/mol. The molecule has 2 aromatic heterocycles. The summed E-state index contributed by atoms with van der Waals surface area (Å²) in [6, 6.07) is 4.33. The number of hydrazone groups is 1. The monoisotopic (exact) mass is 406 g/mol. The Hall–Kier alpha value is -2.94. The van der Waals surface area contributed by atoms with Crippen molar-refractivity contribution in [1.82, 2.24) is 18.7 Å². The van der Waals surface area contributed by atoms with E-state index in [9.17, 15) is 14.0 Å². The summed E-state index contributed by atoms with van der Waals surface area (Å²) in [5, 5.41) is 4.24. The normalized spacial score (nSPS) is 11.8. The van der Waals surface area contributed by atoms with Crippen LogP contribution in [0.4, 0.5) is 10.3 Å². The summed E-state index contributed by atoms with van der Waals surface area (Å²) in [6.45, 7) is 4.46. The second kappa shape index (κ2) is 7.59. The zero-order valence-corrected chi connectivity index (χ0v) is 16.7. The minimum Gasteiger partial charge on any atom is -0.303 e. The van der Waals surface area contributed by atoms with E-state index in [0.29, 0.717) is 12.1 Å². The summed E-state index contributed by atoms with van der Waals surface area (Å²) in [6.07, 6.45) is 1.24. The molecule has 0 aliphatic heterocycles. The fourth-order valence-electron chi connectivity index (χ4n) is 2.86. The maximum absolute atomic E-state index is 13.9. The van der Waals surface area contributed by atoms with Gasteiger partial charge in [-0.3, -0.25) is 13.9 Å². The van der Waals surface area contributed by atoms with Crippen molar-refractivity contribution in [3.05, 3.63) is 55.4 Å². The van der Waals surface area contributed by atoms with Crippen LogP contribution in [0.5, 0.6) is 0 Å². The first-order valence-electron chi connectivity index (χ1n) is 8.61. The largest absolute Gasteiger partial charge is 0.332 e. The summed E-state index contributed by atoms with van der Waals surface area (Å²) in [5.41, 5.74) is 2.49. The molecule has 0 fully saturated rings. The number of benzene rings is 1. The molecule has 0 amide bonds. The predicted molar refractivity (Wildman–Crippen MR) is 108 cm³/mol. The first-order chi connectivity index (χ1) is 13.2. The van der Waals surface area contributed by atoms with Crippen LogP contribution in [-0.4, -0.2) is 24.9 Å². The van der Waals surface area contributed by atoms with Gasteiger partial charge in [0, 0.05) is 26.2 Å². The molecule has 0 unspecified atom stereocenters. The minimum absolute atomic E-state index is 0.131. The van der Waals surface area contributed by atoms with Gasteiger partial charge in [0.05, 0.1) is 11.2 Å².